The smallest absolute Gasteiger partial charge is 0.262 e. The van der Waals surface area contributed by atoms with E-state index in [4.69, 9.17) is 9.47 Å². The number of hydrogen-bond donors (Lipinski definition) is 2. The maximum Gasteiger partial charge on any atom is 0.262 e. The molecule has 1 fully saturated rings. The van der Waals surface area contributed by atoms with Crippen LogP contribution in [0, 0.1) is 0 Å². The molecule has 0 amide bonds. The number of fused-ring (bicyclic) bond motifs is 1. The third-order valence-corrected chi connectivity index (χ3v) is 7.05. The lowest BCUT2D eigenvalue weighted by Gasteiger charge is -2.38. The van der Waals surface area contributed by atoms with Gasteiger partial charge in [0.05, 0.1) is 35.6 Å². The van der Waals surface area contributed by atoms with E-state index in [1.807, 2.05) is 18.0 Å². The van der Waals surface area contributed by atoms with Crippen LogP contribution in [0.15, 0.2) is 41.3 Å². The number of nitrogens with one attached hydrogen (secondary N) is 2. The van der Waals surface area contributed by atoms with Gasteiger partial charge in [0.2, 0.25) is 0 Å². The summed E-state index contributed by atoms with van der Waals surface area (Å²) < 4.78 is 40.1. The largest absolute Gasteiger partial charge is 0.495 e. The van der Waals surface area contributed by atoms with Gasteiger partial charge >= 0.3 is 0 Å². The molecule has 2 unspecified atom stereocenters. The fourth-order valence-corrected chi connectivity index (χ4v) is 5.31. The summed E-state index contributed by atoms with van der Waals surface area (Å²) in [5, 5.41) is 3.51. The van der Waals surface area contributed by atoms with Crippen molar-refractivity contribution < 1.29 is 17.9 Å². The maximum absolute atomic E-state index is 13.1. The number of hydrogen-bond acceptors (Lipinski definition) is 7. The first kappa shape index (κ1) is 21.6. The Bertz CT molecular complexity index is 1050. The van der Waals surface area contributed by atoms with Crippen LogP contribution in [0.25, 0.3) is 0 Å². The van der Waals surface area contributed by atoms with Gasteiger partial charge in [-0.15, -0.1) is 0 Å². The van der Waals surface area contributed by atoms with E-state index in [2.05, 4.69) is 28.8 Å². The molecule has 0 spiro atoms. The fourth-order valence-electron chi connectivity index (χ4n) is 4.24. The SMILES string of the molecule is COc1ccc(NS(=O)(=O)c2ccc3c(c2)OCCN3C)cc1N1CC(C)NC(C)C1. The number of sulfonamides is 1. The van der Waals surface area contributed by atoms with Crippen LogP contribution < -0.4 is 29.3 Å². The van der Waals surface area contributed by atoms with Gasteiger partial charge in [0.15, 0.2) is 0 Å². The van der Waals surface area contributed by atoms with E-state index in [0.717, 1.165) is 36.8 Å². The second-order valence-electron chi connectivity index (χ2n) is 8.27. The number of anilines is 3. The molecule has 9 heteroatoms. The summed E-state index contributed by atoms with van der Waals surface area (Å²) in [5.74, 6) is 1.30. The Balaban J connectivity index is 1.61. The molecule has 0 bridgehead atoms. The Kier molecular flexibility index (Phi) is 5.90. The number of ether oxygens (including phenoxy) is 2. The monoisotopic (exact) mass is 446 g/mol. The summed E-state index contributed by atoms with van der Waals surface area (Å²) >= 11 is 0. The van der Waals surface area contributed by atoms with Gasteiger partial charge in [0, 0.05) is 38.3 Å². The number of piperazine rings is 1. The molecule has 4 rings (SSSR count). The van der Waals surface area contributed by atoms with E-state index in [1.54, 1.807) is 37.4 Å². The van der Waals surface area contributed by atoms with Crippen LogP contribution in [0.1, 0.15) is 13.8 Å². The van der Waals surface area contributed by atoms with Crippen molar-refractivity contribution >= 4 is 27.1 Å². The molecule has 2 atom stereocenters. The molecule has 2 aliphatic heterocycles. The minimum absolute atomic E-state index is 0.170. The molecule has 2 aromatic carbocycles. The Hall–Kier alpha value is -2.65. The second kappa shape index (κ2) is 8.47. The molecule has 2 heterocycles. The van der Waals surface area contributed by atoms with Crippen molar-refractivity contribution in [3.63, 3.8) is 0 Å². The van der Waals surface area contributed by atoms with Crippen LogP contribution in [0.2, 0.25) is 0 Å². The quantitative estimate of drug-likeness (QED) is 0.730. The van der Waals surface area contributed by atoms with Crippen LogP contribution in [0.5, 0.6) is 11.5 Å². The zero-order valence-corrected chi connectivity index (χ0v) is 19.2. The molecule has 2 aromatic rings. The summed E-state index contributed by atoms with van der Waals surface area (Å²) in [5.41, 5.74) is 2.25. The van der Waals surface area contributed by atoms with Crippen LogP contribution in [-0.4, -0.2) is 60.9 Å². The molecule has 0 radical (unpaired) electrons. The van der Waals surface area contributed by atoms with Crippen LogP contribution >= 0.6 is 0 Å². The fraction of sp³-hybridized carbons (Fsp3) is 0.455. The van der Waals surface area contributed by atoms with Gasteiger partial charge in [-0.3, -0.25) is 4.72 Å². The highest BCUT2D eigenvalue weighted by molar-refractivity contribution is 7.92. The highest BCUT2D eigenvalue weighted by Gasteiger charge is 2.25. The highest BCUT2D eigenvalue weighted by atomic mass is 32.2. The van der Waals surface area contributed by atoms with E-state index in [0.29, 0.717) is 30.1 Å². The molecular weight excluding hydrogens is 416 g/mol. The van der Waals surface area contributed by atoms with Gasteiger partial charge in [-0.25, -0.2) is 8.42 Å². The number of likely N-dealkylation sites (N-methyl/N-ethyl adjacent to an activating group) is 1. The van der Waals surface area contributed by atoms with E-state index in [9.17, 15) is 8.42 Å². The minimum Gasteiger partial charge on any atom is -0.495 e. The van der Waals surface area contributed by atoms with Gasteiger partial charge in [0.1, 0.15) is 18.1 Å². The number of methoxy groups -OCH3 is 1. The van der Waals surface area contributed by atoms with E-state index in [1.165, 1.54) is 0 Å². The van der Waals surface area contributed by atoms with Crippen molar-refractivity contribution in [2.24, 2.45) is 0 Å². The first-order chi connectivity index (χ1) is 14.8. The van der Waals surface area contributed by atoms with Gasteiger partial charge in [-0.05, 0) is 44.2 Å². The number of nitrogens with zero attached hydrogens (tertiary/aromatic N) is 2. The first-order valence-electron chi connectivity index (χ1n) is 10.5. The van der Waals surface area contributed by atoms with Crippen molar-refractivity contribution in [3.05, 3.63) is 36.4 Å². The molecule has 0 aromatic heterocycles. The van der Waals surface area contributed by atoms with E-state index < -0.39 is 10.0 Å². The highest BCUT2D eigenvalue weighted by Crippen LogP contribution is 2.35. The van der Waals surface area contributed by atoms with Gasteiger partial charge in [0.25, 0.3) is 10.0 Å². The summed E-state index contributed by atoms with van der Waals surface area (Å²) in [4.78, 5) is 4.45. The molecule has 0 aliphatic carbocycles. The van der Waals surface area contributed by atoms with Crippen molar-refractivity contribution in [3.8, 4) is 11.5 Å². The maximum atomic E-state index is 13.1. The van der Waals surface area contributed by atoms with E-state index in [-0.39, 0.29) is 4.90 Å². The van der Waals surface area contributed by atoms with Crippen LogP contribution in [-0.2, 0) is 10.0 Å². The molecule has 1 saturated heterocycles. The average Bonchev–Trinajstić information content (AvgIpc) is 2.72. The molecule has 0 saturated carbocycles. The lowest BCUT2D eigenvalue weighted by Crippen LogP contribution is -2.54. The van der Waals surface area contributed by atoms with Gasteiger partial charge in [-0.1, -0.05) is 0 Å². The zero-order valence-electron chi connectivity index (χ0n) is 18.4. The predicted molar refractivity (Wildman–Crippen MR) is 123 cm³/mol. The van der Waals surface area contributed by atoms with Gasteiger partial charge in [-0.2, -0.15) is 0 Å². The predicted octanol–water partition coefficient (Wildman–Crippen LogP) is 2.51. The van der Waals surface area contributed by atoms with Crippen LogP contribution in [0.4, 0.5) is 17.1 Å². The zero-order chi connectivity index (χ0) is 22.2. The van der Waals surface area contributed by atoms with Crippen molar-refractivity contribution in [2.45, 2.75) is 30.8 Å². The summed E-state index contributed by atoms with van der Waals surface area (Å²) in [6.07, 6.45) is 0. The average molecular weight is 447 g/mol. The Morgan fingerprint density at radius 1 is 1.10 bits per heavy atom. The van der Waals surface area contributed by atoms with Crippen molar-refractivity contribution in [1.82, 2.24) is 5.32 Å². The molecule has 168 valence electrons. The standard InChI is InChI=1S/C22H30N4O4S/c1-15-13-26(14-16(2)23-15)20-11-17(5-8-21(20)29-4)24-31(27,28)18-6-7-19-22(12-18)30-10-9-25(19)3/h5-8,11-12,15-16,23-24H,9-10,13-14H2,1-4H3. The second-order valence-corrected chi connectivity index (χ2v) is 9.95. The molecule has 31 heavy (non-hydrogen) atoms. The first-order valence-corrected chi connectivity index (χ1v) is 11.9. The number of rotatable bonds is 5. The van der Waals surface area contributed by atoms with E-state index >= 15 is 0 Å². The normalized spacial score (nSPS) is 21.3. The van der Waals surface area contributed by atoms with Crippen molar-refractivity contribution in [1.29, 1.82) is 0 Å². The Morgan fingerprint density at radius 3 is 2.55 bits per heavy atom. The molecule has 8 nitrogen and oxygen atoms in total. The number of benzene rings is 2. The Morgan fingerprint density at radius 2 is 1.84 bits per heavy atom. The minimum atomic E-state index is -3.77. The summed E-state index contributed by atoms with van der Waals surface area (Å²) in [7, 11) is -0.183. The van der Waals surface area contributed by atoms with Crippen molar-refractivity contribution in [2.75, 3.05) is 54.9 Å². The molecule has 2 N–H and O–H groups in total. The summed E-state index contributed by atoms with van der Waals surface area (Å²) in [6.45, 7) is 7.20. The van der Waals surface area contributed by atoms with Gasteiger partial charge < -0.3 is 24.6 Å². The lowest BCUT2D eigenvalue weighted by molar-refractivity contribution is 0.310. The topological polar surface area (TPSA) is 83.1 Å². The third-order valence-electron chi connectivity index (χ3n) is 5.67. The van der Waals surface area contributed by atoms with Crippen LogP contribution in [0.3, 0.4) is 0 Å². The molecule has 2 aliphatic rings. The summed E-state index contributed by atoms with van der Waals surface area (Å²) in [6, 6.07) is 11.0. The lowest BCUT2D eigenvalue weighted by atomic mass is 10.1. The third kappa shape index (κ3) is 4.52. The Labute approximate surface area is 184 Å². The molecular formula is C22H30N4O4S.